The van der Waals surface area contributed by atoms with Crippen molar-refractivity contribution in [1.29, 1.82) is 0 Å². The van der Waals surface area contributed by atoms with Crippen molar-refractivity contribution >= 4 is 16.9 Å². The number of H-pyrrole nitrogens is 1. The van der Waals surface area contributed by atoms with E-state index in [-0.39, 0.29) is 12.3 Å². The summed E-state index contributed by atoms with van der Waals surface area (Å²) in [5.74, 6) is 0.653. The maximum Gasteiger partial charge on any atom is 0.226 e. The smallest absolute Gasteiger partial charge is 0.226 e. The lowest BCUT2D eigenvalue weighted by molar-refractivity contribution is -0.120. The summed E-state index contributed by atoms with van der Waals surface area (Å²) in [6.07, 6.45) is 2.26. The predicted octanol–water partition coefficient (Wildman–Crippen LogP) is 0.847. The molecular weight excluding hydrogens is 258 g/mol. The maximum absolute atomic E-state index is 11.8. The Labute approximate surface area is 114 Å². The second-order valence-electron chi connectivity index (χ2n) is 4.33. The van der Waals surface area contributed by atoms with Crippen molar-refractivity contribution in [1.82, 2.24) is 25.7 Å². The molecule has 1 amide bonds. The molecular formula is C13H13N5O2. The average molecular weight is 271 g/mol. The number of carbonyl (C=O) groups excluding carboxylic acids is 1. The summed E-state index contributed by atoms with van der Waals surface area (Å²) >= 11 is 0. The molecule has 0 aliphatic heterocycles. The lowest BCUT2D eigenvalue weighted by atomic mass is 10.1. The molecule has 2 aromatic heterocycles. The lowest BCUT2D eigenvalue weighted by Crippen LogP contribution is -2.27. The van der Waals surface area contributed by atoms with Crippen LogP contribution < -0.4 is 5.32 Å². The molecule has 1 aromatic carbocycles. The molecule has 0 radical (unpaired) electrons. The van der Waals surface area contributed by atoms with Crippen LogP contribution in [0.5, 0.6) is 0 Å². The molecule has 3 rings (SSSR count). The number of fused-ring (bicyclic) bond motifs is 1. The minimum absolute atomic E-state index is 0.0939. The van der Waals surface area contributed by atoms with Crippen molar-refractivity contribution in [3.63, 3.8) is 0 Å². The van der Waals surface area contributed by atoms with Crippen molar-refractivity contribution < 1.29 is 9.32 Å². The first-order valence-electron chi connectivity index (χ1n) is 6.27. The van der Waals surface area contributed by atoms with Gasteiger partial charge in [-0.15, -0.1) is 0 Å². The molecule has 0 aliphatic rings. The Hall–Kier alpha value is -2.70. The van der Waals surface area contributed by atoms with Gasteiger partial charge in [0.15, 0.2) is 5.58 Å². The van der Waals surface area contributed by atoms with E-state index in [1.165, 1.54) is 6.33 Å². The fourth-order valence-electron chi connectivity index (χ4n) is 1.95. The zero-order valence-electron chi connectivity index (χ0n) is 10.7. The summed E-state index contributed by atoms with van der Waals surface area (Å²) in [5.41, 5.74) is 1.34. The van der Waals surface area contributed by atoms with Gasteiger partial charge in [-0.25, -0.2) is 4.98 Å². The number of hydrogen-bond donors (Lipinski definition) is 2. The largest absolute Gasteiger partial charge is 0.356 e. The van der Waals surface area contributed by atoms with Crippen LogP contribution in [0.25, 0.3) is 11.0 Å². The zero-order valence-corrected chi connectivity index (χ0v) is 10.7. The minimum atomic E-state index is -0.0939. The number of nitrogens with one attached hydrogen (secondary N) is 2. The first-order chi connectivity index (χ1) is 9.83. The standard InChI is InChI=1S/C13H13N5O2/c19-13(14-6-5-12-15-8-16-17-12)7-10-9-3-1-2-4-11(9)20-18-10/h1-4,8H,5-7H2,(H,14,19)(H,15,16,17). The van der Waals surface area contributed by atoms with Crippen LogP contribution in [-0.4, -0.2) is 32.8 Å². The molecule has 0 fully saturated rings. The minimum Gasteiger partial charge on any atom is -0.356 e. The van der Waals surface area contributed by atoms with Gasteiger partial charge in [0.1, 0.15) is 17.8 Å². The monoisotopic (exact) mass is 271 g/mol. The summed E-state index contributed by atoms with van der Waals surface area (Å²) in [4.78, 5) is 15.8. The Bertz CT molecular complexity index is 704. The maximum atomic E-state index is 11.8. The second-order valence-corrected chi connectivity index (χ2v) is 4.33. The van der Waals surface area contributed by atoms with Gasteiger partial charge in [0, 0.05) is 18.4 Å². The van der Waals surface area contributed by atoms with Gasteiger partial charge in [0.25, 0.3) is 0 Å². The molecule has 0 saturated carbocycles. The zero-order chi connectivity index (χ0) is 13.8. The van der Waals surface area contributed by atoms with E-state index in [9.17, 15) is 4.79 Å². The number of hydrogen-bond acceptors (Lipinski definition) is 5. The molecule has 2 N–H and O–H groups in total. The third kappa shape index (κ3) is 2.66. The number of aromatic nitrogens is 4. The highest BCUT2D eigenvalue weighted by atomic mass is 16.5. The highest BCUT2D eigenvalue weighted by Crippen LogP contribution is 2.17. The van der Waals surface area contributed by atoms with Crippen LogP contribution in [0.2, 0.25) is 0 Å². The number of carbonyl (C=O) groups is 1. The van der Waals surface area contributed by atoms with Gasteiger partial charge in [0.05, 0.1) is 6.42 Å². The van der Waals surface area contributed by atoms with E-state index in [0.29, 0.717) is 24.2 Å². The highest BCUT2D eigenvalue weighted by molar-refractivity contribution is 5.86. The quantitative estimate of drug-likeness (QED) is 0.717. The van der Waals surface area contributed by atoms with Gasteiger partial charge < -0.3 is 9.84 Å². The third-order valence-corrected chi connectivity index (χ3v) is 2.93. The molecule has 0 bridgehead atoms. The SMILES string of the molecule is O=C(Cc1noc2ccccc12)NCCc1ncn[nH]1. The average Bonchev–Trinajstić information content (AvgIpc) is 3.09. The summed E-state index contributed by atoms with van der Waals surface area (Å²) in [7, 11) is 0. The number of para-hydroxylation sites is 1. The molecule has 102 valence electrons. The molecule has 7 heteroatoms. The summed E-state index contributed by atoms with van der Waals surface area (Å²) < 4.78 is 5.16. The lowest BCUT2D eigenvalue weighted by Gasteiger charge is -2.02. The number of aromatic amines is 1. The van der Waals surface area contributed by atoms with E-state index < -0.39 is 0 Å². The Balaban J connectivity index is 1.56. The van der Waals surface area contributed by atoms with E-state index in [1.54, 1.807) is 0 Å². The fraction of sp³-hybridized carbons (Fsp3) is 0.231. The van der Waals surface area contributed by atoms with Crippen LogP contribution in [0, 0.1) is 0 Å². The number of amides is 1. The number of rotatable bonds is 5. The molecule has 0 aliphatic carbocycles. The predicted molar refractivity (Wildman–Crippen MR) is 70.8 cm³/mol. The van der Waals surface area contributed by atoms with Crippen LogP contribution in [0.3, 0.4) is 0 Å². The van der Waals surface area contributed by atoms with Gasteiger partial charge >= 0.3 is 0 Å². The highest BCUT2D eigenvalue weighted by Gasteiger charge is 2.11. The van der Waals surface area contributed by atoms with Crippen LogP contribution in [0.15, 0.2) is 35.1 Å². The molecule has 3 aromatic rings. The van der Waals surface area contributed by atoms with Crippen molar-refractivity contribution in [3.05, 3.63) is 42.1 Å². The van der Waals surface area contributed by atoms with Gasteiger partial charge in [0.2, 0.25) is 5.91 Å². The van der Waals surface area contributed by atoms with Crippen LogP contribution in [-0.2, 0) is 17.6 Å². The Morgan fingerprint density at radius 3 is 3.10 bits per heavy atom. The van der Waals surface area contributed by atoms with Gasteiger partial charge in [-0.2, -0.15) is 5.10 Å². The molecule has 2 heterocycles. The van der Waals surface area contributed by atoms with Crippen molar-refractivity contribution in [2.75, 3.05) is 6.54 Å². The summed E-state index contributed by atoms with van der Waals surface area (Å²) in [6.45, 7) is 0.504. The molecule has 0 atom stereocenters. The number of benzene rings is 1. The summed E-state index contributed by atoms with van der Waals surface area (Å²) in [6, 6.07) is 7.48. The first kappa shape index (κ1) is 12.3. The van der Waals surface area contributed by atoms with E-state index in [4.69, 9.17) is 4.52 Å². The first-order valence-corrected chi connectivity index (χ1v) is 6.27. The Kier molecular flexibility index (Phi) is 3.40. The topological polar surface area (TPSA) is 96.7 Å². The van der Waals surface area contributed by atoms with E-state index in [2.05, 4.69) is 25.7 Å². The summed E-state index contributed by atoms with van der Waals surface area (Å²) in [5, 5.41) is 14.1. The van der Waals surface area contributed by atoms with E-state index >= 15 is 0 Å². The normalized spacial score (nSPS) is 10.8. The van der Waals surface area contributed by atoms with Crippen LogP contribution >= 0.6 is 0 Å². The Morgan fingerprint density at radius 1 is 1.35 bits per heavy atom. The van der Waals surface area contributed by atoms with Gasteiger partial charge in [-0.3, -0.25) is 9.89 Å². The fourth-order valence-corrected chi connectivity index (χ4v) is 1.95. The van der Waals surface area contributed by atoms with Gasteiger partial charge in [-0.05, 0) is 12.1 Å². The molecule has 0 saturated heterocycles. The number of nitrogens with zero attached hydrogens (tertiary/aromatic N) is 3. The van der Waals surface area contributed by atoms with Crippen molar-refractivity contribution in [3.8, 4) is 0 Å². The Morgan fingerprint density at radius 2 is 2.25 bits per heavy atom. The van der Waals surface area contributed by atoms with Crippen molar-refractivity contribution in [2.45, 2.75) is 12.8 Å². The molecule has 0 spiro atoms. The van der Waals surface area contributed by atoms with E-state index in [1.807, 2.05) is 24.3 Å². The molecule has 20 heavy (non-hydrogen) atoms. The van der Waals surface area contributed by atoms with Gasteiger partial charge in [-0.1, -0.05) is 17.3 Å². The molecule has 0 unspecified atom stereocenters. The van der Waals surface area contributed by atoms with E-state index in [0.717, 1.165) is 11.2 Å². The second kappa shape index (κ2) is 5.52. The van der Waals surface area contributed by atoms with Crippen LogP contribution in [0.1, 0.15) is 11.5 Å². The third-order valence-electron chi connectivity index (χ3n) is 2.93. The van der Waals surface area contributed by atoms with Crippen LogP contribution in [0.4, 0.5) is 0 Å². The molecule has 7 nitrogen and oxygen atoms in total. The van der Waals surface area contributed by atoms with Crippen molar-refractivity contribution in [2.24, 2.45) is 0 Å².